The highest BCUT2D eigenvalue weighted by atomic mass is 16.5. The molecule has 15 heteroatoms. The Bertz CT molecular complexity index is 1910. The number of anilines is 4. The summed E-state index contributed by atoms with van der Waals surface area (Å²) >= 11 is 0. The molecule has 1 saturated carbocycles. The third kappa shape index (κ3) is 8.72. The standard InChI is InChI=1S/C38H46N12O3/c1-25(20-39)43-32-19-35(44-38-41-21-30(53-2)22-42-38)40-23-34(32)50-24-33(46-47-50)28-5-3-26(4-6-28)13-14-48-15-17-49(18-16-48)29-9-7-27(8-10-29)31-11-12-36(51)45-37(31)52/h7-10,19,21-26,28,31H,3-6,11-18H2,1-2H3,(H,45,51,52)(H2,40,41,42,43,44)/t25-,26?,28?,31?/m1/s1. The number of benzene rings is 1. The third-order valence-electron chi connectivity index (χ3n) is 10.7. The monoisotopic (exact) mass is 718 g/mol. The fourth-order valence-corrected chi connectivity index (χ4v) is 7.53. The van der Waals surface area contributed by atoms with E-state index < -0.39 is 6.04 Å². The summed E-state index contributed by atoms with van der Waals surface area (Å²) in [4.78, 5) is 41.9. The smallest absolute Gasteiger partial charge is 0.234 e. The van der Waals surface area contributed by atoms with Crippen LogP contribution in [0.15, 0.2) is 55.1 Å². The number of rotatable bonds is 12. The fourth-order valence-electron chi connectivity index (χ4n) is 7.53. The van der Waals surface area contributed by atoms with Crippen molar-refractivity contribution in [2.75, 3.05) is 55.4 Å². The van der Waals surface area contributed by atoms with Crippen LogP contribution in [0.1, 0.15) is 75.0 Å². The van der Waals surface area contributed by atoms with Crippen molar-refractivity contribution in [3.8, 4) is 17.5 Å². The molecule has 2 saturated heterocycles. The molecule has 1 aromatic carbocycles. The van der Waals surface area contributed by atoms with Gasteiger partial charge < -0.3 is 20.3 Å². The minimum absolute atomic E-state index is 0.181. The Labute approximate surface area is 309 Å². The number of piperazine rings is 1. The van der Waals surface area contributed by atoms with Gasteiger partial charge in [0.15, 0.2) is 5.75 Å². The van der Waals surface area contributed by atoms with E-state index in [0.717, 1.165) is 56.8 Å². The van der Waals surface area contributed by atoms with Crippen LogP contribution < -0.4 is 25.6 Å². The van der Waals surface area contributed by atoms with Gasteiger partial charge in [0.05, 0.1) is 55.3 Å². The first kappa shape index (κ1) is 35.8. The Kier molecular flexibility index (Phi) is 11.0. The van der Waals surface area contributed by atoms with E-state index in [1.807, 2.05) is 24.4 Å². The van der Waals surface area contributed by atoms with Crippen LogP contribution in [0.5, 0.6) is 5.75 Å². The number of nitriles is 1. The van der Waals surface area contributed by atoms with Crippen molar-refractivity contribution in [3.63, 3.8) is 0 Å². The molecule has 3 aliphatic rings. The van der Waals surface area contributed by atoms with Crippen molar-refractivity contribution in [2.45, 2.75) is 69.7 Å². The number of amides is 2. The number of methoxy groups -OCH3 is 1. The van der Waals surface area contributed by atoms with E-state index >= 15 is 0 Å². The van der Waals surface area contributed by atoms with E-state index in [1.165, 1.54) is 24.9 Å². The highest BCUT2D eigenvalue weighted by Crippen LogP contribution is 2.37. The van der Waals surface area contributed by atoms with Crippen molar-refractivity contribution in [2.24, 2.45) is 5.92 Å². The lowest BCUT2D eigenvalue weighted by Gasteiger charge is -2.37. The lowest BCUT2D eigenvalue weighted by atomic mass is 9.79. The Balaban J connectivity index is 0.879. The van der Waals surface area contributed by atoms with E-state index in [4.69, 9.17) is 4.74 Å². The molecule has 53 heavy (non-hydrogen) atoms. The van der Waals surface area contributed by atoms with Crippen LogP contribution in [-0.2, 0) is 9.59 Å². The number of piperidine rings is 1. The summed E-state index contributed by atoms with van der Waals surface area (Å²) < 4.78 is 6.87. The van der Waals surface area contributed by atoms with Crippen LogP contribution in [0, 0.1) is 17.2 Å². The van der Waals surface area contributed by atoms with Gasteiger partial charge in [-0.15, -0.1) is 5.10 Å². The summed E-state index contributed by atoms with van der Waals surface area (Å²) in [6, 6.07) is 11.9. The second-order valence-electron chi connectivity index (χ2n) is 14.2. The number of aromatic nitrogens is 6. The first-order valence-electron chi connectivity index (χ1n) is 18.5. The zero-order valence-corrected chi connectivity index (χ0v) is 30.2. The first-order valence-corrected chi connectivity index (χ1v) is 18.5. The largest absolute Gasteiger partial charge is 0.494 e. The van der Waals surface area contributed by atoms with Gasteiger partial charge in [0.2, 0.25) is 17.8 Å². The summed E-state index contributed by atoms with van der Waals surface area (Å²) in [5, 5.41) is 27.4. The van der Waals surface area contributed by atoms with Gasteiger partial charge >= 0.3 is 0 Å². The summed E-state index contributed by atoms with van der Waals surface area (Å²) in [5.41, 5.74) is 4.53. The SMILES string of the molecule is COc1cnc(Nc2cc(N[C@H](C)C#N)c(-n3cc(C4CCC(CCN5CCN(c6ccc(C7CCC(=O)NC7=O)cc6)CC5)CC4)nn3)cn2)nc1. The summed E-state index contributed by atoms with van der Waals surface area (Å²) in [7, 11) is 1.56. The normalized spacial score (nSPS) is 21.4. The number of carbonyl (C=O) groups is 2. The summed E-state index contributed by atoms with van der Waals surface area (Å²) in [6.07, 6.45) is 13.6. The molecule has 2 atom stereocenters. The molecule has 5 heterocycles. The molecule has 15 nitrogen and oxygen atoms in total. The lowest BCUT2D eigenvalue weighted by molar-refractivity contribution is -0.134. The van der Waals surface area contributed by atoms with Crippen molar-refractivity contribution in [1.82, 2.24) is 40.2 Å². The maximum Gasteiger partial charge on any atom is 0.234 e. The van der Waals surface area contributed by atoms with Gasteiger partial charge in [-0.3, -0.25) is 19.8 Å². The van der Waals surface area contributed by atoms with Crippen LogP contribution in [0.25, 0.3) is 5.69 Å². The van der Waals surface area contributed by atoms with E-state index in [1.54, 1.807) is 37.3 Å². The summed E-state index contributed by atoms with van der Waals surface area (Å²) in [5.74, 6) is 1.91. The third-order valence-corrected chi connectivity index (χ3v) is 10.7. The molecule has 4 aromatic rings. The number of ether oxygens (including phenoxy) is 1. The minimum atomic E-state index is -0.436. The Morgan fingerprint density at radius 3 is 2.45 bits per heavy atom. The average Bonchev–Trinajstić information content (AvgIpc) is 3.68. The second kappa shape index (κ2) is 16.4. The predicted octanol–water partition coefficient (Wildman–Crippen LogP) is 4.53. The molecule has 7 rings (SSSR count). The molecule has 3 N–H and O–H groups in total. The van der Waals surface area contributed by atoms with Gasteiger partial charge in [-0.2, -0.15) is 5.26 Å². The number of pyridine rings is 1. The number of nitrogens with zero attached hydrogens (tertiary/aromatic N) is 9. The van der Waals surface area contributed by atoms with Gasteiger partial charge in [-0.1, -0.05) is 17.3 Å². The number of carbonyl (C=O) groups excluding carboxylic acids is 2. The van der Waals surface area contributed by atoms with Gasteiger partial charge in [0, 0.05) is 50.3 Å². The molecule has 276 valence electrons. The predicted molar refractivity (Wildman–Crippen MR) is 199 cm³/mol. The maximum absolute atomic E-state index is 12.3. The zero-order valence-electron chi connectivity index (χ0n) is 30.2. The number of imide groups is 1. The molecule has 0 bridgehead atoms. The second-order valence-corrected chi connectivity index (χ2v) is 14.2. The van der Waals surface area contributed by atoms with Crippen LogP contribution >= 0.6 is 0 Å². The highest BCUT2D eigenvalue weighted by Gasteiger charge is 2.29. The first-order chi connectivity index (χ1) is 25.8. The van der Waals surface area contributed by atoms with Crippen LogP contribution in [0.2, 0.25) is 0 Å². The lowest BCUT2D eigenvalue weighted by Crippen LogP contribution is -2.47. The van der Waals surface area contributed by atoms with E-state index in [-0.39, 0.29) is 17.7 Å². The van der Waals surface area contributed by atoms with Gasteiger partial charge in [0.25, 0.3) is 0 Å². The van der Waals surface area contributed by atoms with Crippen molar-refractivity contribution < 1.29 is 14.3 Å². The van der Waals surface area contributed by atoms with E-state index in [9.17, 15) is 14.9 Å². The van der Waals surface area contributed by atoms with Gasteiger partial charge in [0.1, 0.15) is 17.5 Å². The number of hydrogen-bond acceptors (Lipinski definition) is 13. The number of nitrogens with one attached hydrogen (secondary N) is 3. The molecule has 2 aliphatic heterocycles. The van der Waals surface area contributed by atoms with Gasteiger partial charge in [-0.05, 0) is 75.6 Å². The quantitative estimate of drug-likeness (QED) is 0.174. The fraction of sp³-hybridized carbons (Fsp3) is 0.474. The molecule has 1 unspecified atom stereocenters. The molecule has 3 fully saturated rings. The van der Waals surface area contributed by atoms with Crippen LogP contribution in [-0.4, -0.2) is 92.5 Å². The van der Waals surface area contributed by atoms with Crippen LogP contribution in [0.4, 0.5) is 23.1 Å². The maximum atomic E-state index is 12.3. The molecule has 0 spiro atoms. The molecule has 0 radical (unpaired) electrons. The number of hydrogen-bond donors (Lipinski definition) is 3. The molecule has 3 aromatic heterocycles. The minimum Gasteiger partial charge on any atom is -0.494 e. The molecular formula is C38H46N12O3. The molecular weight excluding hydrogens is 672 g/mol. The topological polar surface area (TPSA) is 179 Å². The average molecular weight is 719 g/mol. The highest BCUT2D eigenvalue weighted by molar-refractivity contribution is 6.00. The van der Waals surface area contributed by atoms with Crippen LogP contribution in [0.3, 0.4) is 0 Å². The summed E-state index contributed by atoms with van der Waals surface area (Å²) in [6.45, 7) is 6.96. The van der Waals surface area contributed by atoms with Gasteiger partial charge in [-0.25, -0.2) is 19.6 Å². The van der Waals surface area contributed by atoms with Crippen molar-refractivity contribution in [1.29, 1.82) is 5.26 Å². The van der Waals surface area contributed by atoms with Crippen molar-refractivity contribution >= 4 is 35.0 Å². The Hall–Kier alpha value is -5.62. The van der Waals surface area contributed by atoms with Crippen molar-refractivity contribution in [3.05, 3.63) is 66.4 Å². The molecule has 1 aliphatic carbocycles. The Morgan fingerprint density at radius 1 is 1.00 bits per heavy atom. The molecule has 2 amide bonds. The van der Waals surface area contributed by atoms with E-state index in [2.05, 4.69) is 69.2 Å². The van der Waals surface area contributed by atoms with E-state index in [0.29, 0.717) is 53.6 Å². The Morgan fingerprint density at radius 2 is 1.75 bits per heavy atom. The zero-order chi connectivity index (χ0) is 36.7.